The molecule has 1 N–H and O–H groups in total. The third kappa shape index (κ3) is 3.36. The van der Waals surface area contributed by atoms with E-state index in [4.69, 9.17) is 4.74 Å². The smallest absolute Gasteiger partial charge is 0.245 e. The van der Waals surface area contributed by atoms with Crippen LogP contribution in [0, 0.1) is 0 Å². The lowest BCUT2D eigenvalue weighted by Gasteiger charge is -2.03. The van der Waals surface area contributed by atoms with Crippen LogP contribution in [0.5, 0.6) is 0 Å². The Balaban J connectivity index is 2.08. The van der Waals surface area contributed by atoms with Gasteiger partial charge in [-0.15, -0.1) is 0 Å². The highest BCUT2D eigenvalue weighted by molar-refractivity contribution is 5.80. The van der Waals surface area contributed by atoms with E-state index >= 15 is 0 Å². The summed E-state index contributed by atoms with van der Waals surface area (Å²) >= 11 is 0. The molecule has 0 atom stereocenters. The van der Waals surface area contributed by atoms with E-state index in [9.17, 15) is 4.79 Å². The van der Waals surface area contributed by atoms with E-state index in [-0.39, 0.29) is 12.5 Å². The first-order chi connectivity index (χ1) is 9.76. The third-order valence-electron chi connectivity index (χ3n) is 3.17. The van der Waals surface area contributed by atoms with Gasteiger partial charge in [-0.1, -0.05) is 6.92 Å². The molecule has 0 saturated carbocycles. The van der Waals surface area contributed by atoms with Gasteiger partial charge in [0.25, 0.3) is 0 Å². The lowest BCUT2D eigenvalue weighted by molar-refractivity contribution is -0.124. The van der Waals surface area contributed by atoms with Crippen molar-refractivity contribution >= 4 is 16.9 Å². The van der Waals surface area contributed by atoms with Gasteiger partial charge < -0.3 is 14.6 Å². The fourth-order valence-corrected chi connectivity index (χ4v) is 2.32. The SMILES string of the molecule is CCCn1cc(CCNC(=O)COC)c2cccnc21. The van der Waals surface area contributed by atoms with Crippen molar-refractivity contribution in [3.05, 3.63) is 30.1 Å². The Morgan fingerprint density at radius 3 is 3.10 bits per heavy atom. The Labute approximate surface area is 118 Å². The molecule has 0 radical (unpaired) electrons. The predicted molar refractivity (Wildman–Crippen MR) is 78.6 cm³/mol. The molecule has 0 fully saturated rings. The summed E-state index contributed by atoms with van der Waals surface area (Å²) in [4.78, 5) is 15.8. The number of ether oxygens (including phenoxy) is 1. The fraction of sp³-hybridized carbons (Fsp3) is 0.467. The van der Waals surface area contributed by atoms with Gasteiger partial charge in [-0.05, 0) is 30.5 Å². The zero-order chi connectivity index (χ0) is 14.4. The zero-order valence-electron chi connectivity index (χ0n) is 12.1. The average Bonchev–Trinajstić information content (AvgIpc) is 2.79. The minimum absolute atomic E-state index is 0.0806. The van der Waals surface area contributed by atoms with Crippen LogP contribution >= 0.6 is 0 Å². The standard InChI is InChI=1S/C15H21N3O2/c1-3-9-18-10-12(6-8-16-14(19)11-20-2)13-5-4-7-17-15(13)18/h4-5,7,10H,3,6,8-9,11H2,1-2H3,(H,16,19). The van der Waals surface area contributed by atoms with Gasteiger partial charge in [-0.2, -0.15) is 0 Å². The molecule has 20 heavy (non-hydrogen) atoms. The van der Waals surface area contributed by atoms with Gasteiger partial charge in [-0.25, -0.2) is 4.98 Å². The van der Waals surface area contributed by atoms with Crippen LogP contribution in [0.25, 0.3) is 11.0 Å². The molecule has 2 heterocycles. The second kappa shape index (κ2) is 7.05. The summed E-state index contributed by atoms with van der Waals surface area (Å²) in [6.45, 7) is 3.84. The Hall–Kier alpha value is -1.88. The van der Waals surface area contributed by atoms with Crippen LogP contribution < -0.4 is 5.32 Å². The zero-order valence-corrected chi connectivity index (χ0v) is 12.1. The molecular formula is C15H21N3O2. The van der Waals surface area contributed by atoms with Gasteiger partial charge in [0, 0.05) is 38.0 Å². The van der Waals surface area contributed by atoms with Crippen molar-refractivity contribution in [1.82, 2.24) is 14.9 Å². The summed E-state index contributed by atoms with van der Waals surface area (Å²) in [6, 6.07) is 4.03. The van der Waals surface area contributed by atoms with Gasteiger partial charge in [0.1, 0.15) is 12.3 Å². The Kier molecular flexibility index (Phi) is 5.12. The number of amides is 1. The molecule has 0 spiro atoms. The Morgan fingerprint density at radius 1 is 1.50 bits per heavy atom. The molecule has 0 unspecified atom stereocenters. The van der Waals surface area contributed by atoms with E-state index in [1.54, 1.807) is 0 Å². The minimum atomic E-state index is -0.0806. The number of aromatic nitrogens is 2. The van der Waals surface area contributed by atoms with Crippen molar-refractivity contribution in [2.24, 2.45) is 0 Å². The molecule has 5 nitrogen and oxygen atoms in total. The van der Waals surface area contributed by atoms with Gasteiger partial charge in [-0.3, -0.25) is 4.79 Å². The third-order valence-corrected chi connectivity index (χ3v) is 3.17. The molecule has 5 heteroatoms. The Bertz CT molecular complexity index is 578. The Morgan fingerprint density at radius 2 is 2.35 bits per heavy atom. The first kappa shape index (κ1) is 14.5. The summed E-state index contributed by atoms with van der Waals surface area (Å²) < 4.78 is 6.97. The highest BCUT2D eigenvalue weighted by Crippen LogP contribution is 2.19. The topological polar surface area (TPSA) is 56.2 Å². The van der Waals surface area contributed by atoms with E-state index in [1.807, 2.05) is 12.3 Å². The van der Waals surface area contributed by atoms with Crippen molar-refractivity contribution in [1.29, 1.82) is 0 Å². The number of aryl methyl sites for hydroxylation is 1. The van der Waals surface area contributed by atoms with Gasteiger partial charge >= 0.3 is 0 Å². The second-order valence-corrected chi connectivity index (χ2v) is 4.76. The maximum atomic E-state index is 11.4. The van der Waals surface area contributed by atoms with Crippen molar-refractivity contribution in [2.75, 3.05) is 20.3 Å². The molecule has 2 aromatic rings. The molecule has 0 aromatic carbocycles. The lowest BCUT2D eigenvalue weighted by atomic mass is 10.1. The van der Waals surface area contributed by atoms with Crippen LogP contribution in [0.3, 0.4) is 0 Å². The predicted octanol–water partition coefficient (Wildman–Crippen LogP) is 1.75. The molecule has 2 aromatic heterocycles. The van der Waals surface area contributed by atoms with Gasteiger partial charge in [0.15, 0.2) is 0 Å². The number of rotatable bonds is 7. The monoisotopic (exact) mass is 275 g/mol. The number of carbonyl (C=O) groups is 1. The first-order valence-electron chi connectivity index (χ1n) is 6.94. The molecule has 0 aliphatic carbocycles. The molecule has 1 amide bonds. The molecular weight excluding hydrogens is 254 g/mol. The number of nitrogens with zero attached hydrogens (tertiary/aromatic N) is 2. The first-order valence-corrected chi connectivity index (χ1v) is 6.94. The van der Waals surface area contributed by atoms with E-state index in [1.165, 1.54) is 18.1 Å². The van der Waals surface area contributed by atoms with Crippen molar-refractivity contribution in [2.45, 2.75) is 26.3 Å². The number of methoxy groups -OCH3 is 1. The molecule has 0 saturated heterocycles. The summed E-state index contributed by atoms with van der Waals surface area (Å²) in [6.07, 6.45) is 5.83. The minimum Gasteiger partial charge on any atom is -0.375 e. The highest BCUT2D eigenvalue weighted by Gasteiger charge is 2.09. The van der Waals surface area contributed by atoms with Crippen LogP contribution in [0.15, 0.2) is 24.5 Å². The summed E-state index contributed by atoms with van der Waals surface area (Å²) in [5.41, 5.74) is 2.24. The molecule has 2 rings (SSSR count). The van der Waals surface area contributed by atoms with Crippen LogP contribution in [0.2, 0.25) is 0 Å². The van der Waals surface area contributed by atoms with E-state index < -0.39 is 0 Å². The van der Waals surface area contributed by atoms with Gasteiger partial charge in [0.2, 0.25) is 5.91 Å². The van der Waals surface area contributed by atoms with Crippen LogP contribution in [-0.2, 0) is 22.5 Å². The van der Waals surface area contributed by atoms with Crippen molar-refractivity contribution in [3.8, 4) is 0 Å². The molecule has 0 aliphatic heterocycles. The summed E-state index contributed by atoms with van der Waals surface area (Å²) in [5.74, 6) is -0.0806. The van der Waals surface area contributed by atoms with Gasteiger partial charge in [0.05, 0.1) is 0 Å². The average molecular weight is 275 g/mol. The van der Waals surface area contributed by atoms with Crippen molar-refractivity contribution in [3.63, 3.8) is 0 Å². The largest absolute Gasteiger partial charge is 0.375 e. The van der Waals surface area contributed by atoms with E-state index in [2.05, 4.69) is 34.1 Å². The quantitative estimate of drug-likeness (QED) is 0.837. The number of carbonyl (C=O) groups excluding carboxylic acids is 1. The summed E-state index contributed by atoms with van der Waals surface area (Å²) in [5, 5.41) is 4.01. The molecule has 0 bridgehead atoms. The second-order valence-electron chi connectivity index (χ2n) is 4.76. The fourth-order valence-electron chi connectivity index (χ4n) is 2.32. The maximum Gasteiger partial charge on any atom is 0.245 e. The molecule has 108 valence electrons. The highest BCUT2D eigenvalue weighted by atomic mass is 16.5. The number of hydrogen-bond acceptors (Lipinski definition) is 3. The van der Waals surface area contributed by atoms with Crippen molar-refractivity contribution < 1.29 is 9.53 Å². The van der Waals surface area contributed by atoms with E-state index in [0.717, 1.165) is 25.0 Å². The maximum absolute atomic E-state index is 11.4. The van der Waals surface area contributed by atoms with Crippen LogP contribution in [0.4, 0.5) is 0 Å². The van der Waals surface area contributed by atoms with E-state index in [0.29, 0.717) is 6.54 Å². The number of hydrogen-bond donors (Lipinski definition) is 1. The van der Waals surface area contributed by atoms with Crippen LogP contribution in [0.1, 0.15) is 18.9 Å². The number of fused-ring (bicyclic) bond motifs is 1. The molecule has 0 aliphatic rings. The van der Waals surface area contributed by atoms with Crippen LogP contribution in [-0.4, -0.2) is 35.7 Å². The normalized spacial score (nSPS) is 10.9. The number of nitrogens with one attached hydrogen (secondary N) is 1. The lowest BCUT2D eigenvalue weighted by Crippen LogP contribution is -2.28. The number of pyridine rings is 1. The summed E-state index contributed by atoms with van der Waals surface area (Å²) in [7, 11) is 1.52.